The number of rotatable bonds is 3. The van der Waals surface area contributed by atoms with Crippen molar-refractivity contribution in [2.24, 2.45) is 13.0 Å². The Hall–Kier alpha value is -1.88. The summed E-state index contributed by atoms with van der Waals surface area (Å²) in [6.07, 6.45) is 0.736. The summed E-state index contributed by atoms with van der Waals surface area (Å²) in [6, 6.07) is 8.14. The van der Waals surface area contributed by atoms with Crippen LogP contribution in [0.1, 0.15) is 12.1 Å². The van der Waals surface area contributed by atoms with Gasteiger partial charge in [0.2, 0.25) is 0 Å². The molecule has 0 aliphatic carbocycles. The van der Waals surface area contributed by atoms with Crippen LogP contribution >= 0.6 is 0 Å². The van der Waals surface area contributed by atoms with Gasteiger partial charge in [0, 0.05) is 25.5 Å². The third kappa shape index (κ3) is 2.21. The molecule has 2 heterocycles. The number of hydrogen-bond donors (Lipinski definition) is 1. The zero-order valence-electron chi connectivity index (χ0n) is 10.9. The van der Waals surface area contributed by atoms with Crippen molar-refractivity contribution in [2.75, 3.05) is 13.1 Å². The van der Waals surface area contributed by atoms with E-state index in [1.54, 1.807) is 0 Å². The number of benzene rings is 1. The van der Waals surface area contributed by atoms with E-state index < -0.39 is 5.97 Å². The van der Waals surface area contributed by atoms with Gasteiger partial charge in [-0.25, -0.2) is 0 Å². The van der Waals surface area contributed by atoms with Gasteiger partial charge in [0.25, 0.3) is 0 Å². The summed E-state index contributed by atoms with van der Waals surface area (Å²) < 4.78 is 1.88. The number of nitrogens with zero attached hydrogens (tertiary/aromatic N) is 3. The first-order valence-corrected chi connectivity index (χ1v) is 6.51. The second-order valence-corrected chi connectivity index (χ2v) is 5.15. The molecule has 5 nitrogen and oxygen atoms in total. The van der Waals surface area contributed by atoms with Crippen LogP contribution < -0.4 is 0 Å². The molecule has 1 atom stereocenters. The maximum absolute atomic E-state index is 11.0. The van der Waals surface area contributed by atoms with Crippen LogP contribution in [0.25, 0.3) is 10.9 Å². The molecule has 1 N–H and O–H groups in total. The third-order valence-corrected chi connectivity index (χ3v) is 3.83. The van der Waals surface area contributed by atoms with Crippen LogP contribution in [0.2, 0.25) is 0 Å². The maximum Gasteiger partial charge on any atom is 0.307 e. The Labute approximate surface area is 111 Å². The van der Waals surface area contributed by atoms with E-state index in [1.807, 2.05) is 23.9 Å². The monoisotopic (exact) mass is 259 g/mol. The number of aryl methyl sites for hydroxylation is 1. The number of likely N-dealkylation sites (tertiary alicyclic amines) is 1. The van der Waals surface area contributed by atoms with Crippen LogP contribution in [-0.4, -0.2) is 38.8 Å². The van der Waals surface area contributed by atoms with Crippen LogP contribution in [0.4, 0.5) is 0 Å². The zero-order valence-corrected chi connectivity index (χ0v) is 10.9. The number of fused-ring (bicyclic) bond motifs is 1. The van der Waals surface area contributed by atoms with E-state index in [-0.39, 0.29) is 5.92 Å². The fraction of sp³-hybridized carbons (Fsp3) is 0.429. The number of para-hydroxylation sites is 1. The summed E-state index contributed by atoms with van der Waals surface area (Å²) in [5, 5.41) is 14.7. The largest absolute Gasteiger partial charge is 0.481 e. The summed E-state index contributed by atoms with van der Waals surface area (Å²) in [6.45, 7) is 2.19. The zero-order chi connectivity index (χ0) is 13.4. The Kier molecular flexibility index (Phi) is 2.98. The first kappa shape index (κ1) is 12.2. The minimum Gasteiger partial charge on any atom is -0.481 e. The minimum absolute atomic E-state index is 0.227. The van der Waals surface area contributed by atoms with Crippen molar-refractivity contribution < 1.29 is 9.90 Å². The number of hydrogen-bond acceptors (Lipinski definition) is 3. The Balaban J connectivity index is 1.81. The lowest BCUT2D eigenvalue weighted by Crippen LogP contribution is -2.23. The fourth-order valence-electron chi connectivity index (χ4n) is 2.80. The van der Waals surface area contributed by atoms with Crippen LogP contribution in [0, 0.1) is 5.92 Å². The molecule has 5 heteroatoms. The minimum atomic E-state index is -0.687. The number of aromatic nitrogens is 2. The van der Waals surface area contributed by atoms with Gasteiger partial charge in [0.15, 0.2) is 0 Å². The highest BCUT2D eigenvalue weighted by molar-refractivity contribution is 5.81. The molecule has 1 unspecified atom stereocenters. The lowest BCUT2D eigenvalue weighted by atomic mass is 10.1. The predicted molar refractivity (Wildman–Crippen MR) is 71.7 cm³/mol. The first-order chi connectivity index (χ1) is 9.15. The Morgan fingerprint density at radius 3 is 3.00 bits per heavy atom. The van der Waals surface area contributed by atoms with E-state index in [0.29, 0.717) is 6.54 Å². The molecule has 1 aromatic carbocycles. The lowest BCUT2D eigenvalue weighted by Gasteiger charge is -2.13. The van der Waals surface area contributed by atoms with Gasteiger partial charge in [-0.3, -0.25) is 14.4 Å². The quantitative estimate of drug-likeness (QED) is 0.907. The average Bonchev–Trinajstić information content (AvgIpc) is 2.97. The molecule has 1 aliphatic rings. The van der Waals surface area contributed by atoms with E-state index in [4.69, 9.17) is 5.11 Å². The van der Waals surface area contributed by atoms with Gasteiger partial charge in [-0.15, -0.1) is 0 Å². The van der Waals surface area contributed by atoms with Gasteiger partial charge in [-0.05, 0) is 19.0 Å². The highest BCUT2D eigenvalue weighted by Crippen LogP contribution is 2.22. The molecule has 0 amide bonds. The van der Waals surface area contributed by atoms with Gasteiger partial charge in [-0.2, -0.15) is 5.10 Å². The van der Waals surface area contributed by atoms with Gasteiger partial charge >= 0.3 is 5.97 Å². The summed E-state index contributed by atoms with van der Waals surface area (Å²) in [5.41, 5.74) is 2.15. The van der Waals surface area contributed by atoms with Crippen molar-refractivity contribution in [1.29, 1.82) is 0 Å². The highest BCUT2D eigenvalue weighted by atomic mass is 16.4. The molecule has 0 saturated carbocycles. The SMILES string of the molecule is Cn1nc(CN2CCC(C(=O)O)C2)c2ccccc21. The summed E-state index contributed by atoms with van der Waals surface area (Å²) >= 11 is 0. The molecule has 1 aromatic heterocycles. The summed E-state index contributed by atoms with van der Waals surface area (Å²) in [7, 11) is 1.94. The summed E-state index contributed by atoms with van der Waals surface area (Å²) in [5.74, 6) is -0.914. The van der Waals surface area contributed by atoms with Crippen molar-refractivity contribution in [3.63, 3.8) is 0 Å². The van der Waals surface area contributed by atoms with Crippen LogP contribution in [0.15, 0.2) is 24.3 Å². The molecule has 2 aromatic rings. The van der Waals surface area contributed by atoms with Crippen molar-refractivity contribution in [3.8, 4) is 0 Å². The molecule has 1 aliphatic heterocycles. The van der Waals surface area contributed by atoms with E-state index in [2.05, 4.69) is 22.1 Å². The number of aliphatic carboxylic acids is 1. The second-order valence-electron chi connectivity index (χ2n) is 5.15. The molecular formula is C14H17N3O2. The second kappa shape index (κ2) is 4.66. The lowest BCUT2D eigenvalue weighted by molar-refractivity contribution is -0.141. The van der Waals surface area contributed by atoms with Gasteiger partial charge in [-0.1, -0.05) is 18.2 Å². The van der Waals surface area contributed by atoms with Crippen LogP contribution in [0.3, 0.4) is 0 Å². The smallest absolute Gasteiger partial charge is 0.307 e. The predicted octanol–water partition coefficient (Wildman–Crippen LogP) is 1.48. The maximum atomic E-state index is 11.0. The van der Waals surface area contributed by atoms with E-state index >= 15 is 0 Å². The molecule has 3 rings (SSSR count). The highest BCUT2D eigenvalue weighted by Gasteiger charge is 2.28. The standard InChI is InChI=1S/C14H17N3O2/c1-16-13-5-3-2-4-11(13)12(15-16)9-17-7-6-10(8-17)14(18)19/h2-5,10H,6-9H2,1H3,(H,18,19). The normalized spacial score (nSPS) is 20.2. The first-order valence-electron chi connectivity index (χ1n) is 6.51. The number of carbonyl (C=O) groups is 1. The Morgan fingerprint density at radius 1 is 1.47 bits per heavy atom. The molecule has 1 saturated heterocycles. The topological polar surface area (TPSA) is 58.4 Å². The molecule has 0 bridgehead atoms. The number of carboxylic acid groups (broad SMARTS) is 1. The van der Waals surface area contributed by atoms with Crippen molar-refractivity contribution in [3.05, 3.63) is 30.0 Å². The van der Waals surface area contributed by atoms with E-state index in [9.17, 15) is 4.79 Å². The summed E-state index contributed by atoms with van der Waals surface area (Å²) in [4.78, 5) is 13.1. The van der Waals surface area contributed by atoms with Crippen molar-refractivity contribution in [1.82, 2.24) is 14.7 Å². The molecule has 0 spiro atoms. The molecular weight excluding hydrogens is 242 g/mol. The van der Waals surface area contributed by atoms with Crippen molar-refractivity contribution in [2.45, 2.75) is 13.0 Å². The van der Waals surface area contributed by atoms with Gasteiger partial charge in [0.05, 0.1) is 17.1 Å². The van der Waals surface area contributed by atoms with Crippen LogP contribution in [0.5, 0.6) is 0 Å². The number of carboxylic acids is 1. The van der Waals surface area contributed by atoms with E-state index in [0.717, 1.165) is 36.1 Å². The van der Waals surface area contributed by atoms with Gasteiger partial charge < -0.3 is 5.11 Å². The average molecular weight is 259 g/mol. The Morgan fingerprint density at radius 2 is 2.26 bits per heavy atom. The Bertz CT molecular complexity index is 620. The molecule has 1 fully saturated rings. The van der Waals surface area contributed by atoms with Crippen LogP contribution in [-0.2, 0) is 18.4 Å². The fourth-order valence-corrected chi connectivity index (χ4v) is 2.80. The molecule has 19 heavy (non-hydrogen) atoms. The third-order valence-electron chi connectivity index (χ3n) is 3.83. The molecule has 0 radical (unpaired) electrons. The van der Waals surface area contributed by atoms with E-state index in [1.165, 1.54) is 0 Å². The molecule has 100 valence electrons. The van der Waals surface area contributed by atoms with Crippen molar-refractivity contribution >= 4 is 16.9 Å². The van der Waals surface area contributed by atoms with Gasteiger partial charge in [0.1, 0.15) is 0 Å².